The van der Waals surface area contributed by atoms with Gasteiger partial charge < -0.3 is 20.7 Å². The maximum absolute atomic E-state index is 12.5. The number of piperidine rings is 1. The zero-order chi connectivity index (χ0) is 18.8. The number of amides is 1. The summed E-state index contributed by atoms with van der Waals surface area (Å²) in [6.07, 6.45) is 4.00. The normalized spacial score (nSPS) is 16.5. The van der Waals surface area contributed by atoms with Crippen LogP contribution in [-0.2, 0) is 0 Å². The lowest BCUT2D eigenvalue weighted by Gasteiger charge is -2.35. The summed E-state index contributed by atoms with van der Waals surface area (Å²) in [6, 6.07) is 2.57. The van der Waals surface area contributed by atoms with Crippen LogP contribution in [0.3, 0.4) is 0 Å². The van der Waals surface area contributed by atoms with Crippen molar-refractivity contribution >= 4 is 29.1 Å². The fourth-order valence-electron chi connectivity index (χ4n) is 3.18. The summed E-state index contributed by atoms with van der Waals surface area (Å²) in [5, 5.41) is 10.7. The first kappa shape index (κ1) is 18.7. The average Bonchev–Trinajstić information content (AvgIpc) is 2.64. The molecule has 1 amide bonds. The molecule has 0 spiro atoms. The van der Waals surface area contributed by atoms with Gasteiger partial charge in [-0.3, -0.25) is 4.79 Å². The molecule has 1 aromatic heterocycles. The average molecular weight is 397 g/mol. The topological polar surface area (TPSA) is 112 Å². The Morgan fingerprint density at radius 2 is 1.96 bits per heavy atom. The molecule has 7 nitrogen and oxygen atoms in total. The Morgan fingerprint density at radius 3 is 2.58 bits per heavy atom. The Bertz CT molecular complexity index is 858. The number of phenols is 1. The molecular formula is C17H18Cl2N4O3. The number of aromatic amines is 1. The molecule has 0 bridgehead atoms. The third-order valence-corrected chi connectivity index (χ3v) is 5.40. The van der Waals surface area contributed by atoms with Gasteiger partial charge in [-0.2, -0.15) is 0 Å². The smallest absolute Gasteiger partial charge is 0.344 e. The van der Waals surface area contributed by atoms with E-state index in [0.717, 1.165) is 0 Å². The number of benzene rings is 1. The van der Waals surface area contributed by atoms with Gasteiger partial charge >= 0.3 is 5.69 Å². The Hall–Kier alpha value is -2.09. The number of hydrogen-bond acceptors (Lipinski definition) is 5. The number of likely N-dealkylation sites (tertiary alicyclic amines) is 1. The van der Waals surface area contributed by atoms with E-state index in [9.17, 15) is 14.7 Å². The van der Waals surface area contributed by atoms with E-state index in [4.69, 9.17) is 28.9 Å². The second-order valence-corrected chi connectivity index (χ2v) is 7.10. The monoisotopic (exact) mass is 396 g/mol. The molecule has 26 heavy (non-hydrogen) atoms. The molecule has 0 saturated carbocycles. The number of rotatable bonds is 3. The number of aromatic nitrogens is 2. The first-order valence-electron chi connectivity index (χ1n) is 8.14. The van der Waals surface area contributed by atoms with Crippen molar-refractivity contribution in [2.24, 2.45) is 11.7 Å². The maximum atomic E-state index is 12.5. The van der Waals surface area contributed by atoms with Gasteiger partial charge in [0.05, 0.1) is 15.6 Å². The van der Waals surface area contributed by atoms with E-state index >= 15 is 0 Å². The molecule has 1 aliphatic heterocycles. The molecule has 3 rings (SSSR count). The Kier molecular flexibility index (Phi) is 5.50. The van der Waals surface area contributed by atoms with Crippen LogP contribution < -0.4 is 11.4 Å². The van der Waals surface area contributed by atoms with Crippen LogP contribution >= 0.6 is 23.2 Å². The van der Waals surface area contributed by atoms with Crippen LogP contribution in [0.15, 0.2) is 29.3 Å². The second-order valence-electron chi connectivity index (χ2n) is 6.29. The van der Waals surface area contributed by atoms with E-state index in [-0.39, 0.29) is 22.6 Å². The van der Waals surface area contributed by atoms with Gasteiger partial charge in [-0.1, -0.05) is 23.2 Å². The number of carbonyl (C=O) groups excluding carboxylic acids is 1. The summed E-state index contributed by atoms with van der Waals surface area (Å²) in [5.41, 5.74) is 6.72. The highest BCUT2D eigenvalue weighted by Gasteiger charge is 2.29. The number of halogens is 2. The van der Waals surface area contributed by atoms with Gasteiger partial charge in [0.25, 0.3) is 5.91 Å². The highest BCUT2D eigenvalue weighted by Crippen LogP contribution is 2.37. The number of nitrogens with zero attached hydrogens (tertiary/aromatic N) is 2. The summed E-state index contributed by atoms with van der Waals surface area (Å²) in [5.74, 6) is -0.0706. The van der Waals surface area contributed by atoms with Crippen LogP contribution in [0.2, 0.25) is 10.0 Å². The third kappa shape index (κ3) is 3.85. The summed E-state index contributed by atoms with van der Waals surface area (Å²) >= 11 is 11.9. The van der Waals surface area contributed by atoms with Gasteiger partial charge in [0.2, 0.25) is 0 Å². The second kappa shape index (κ2) is 7.65. The molecule has 1 fully saturated rings. The van der Waals surface area contributed by atoms with Crippen molar-refractivity contribution in [1.29, 1.82) is 0 Å². The molecule has 1 aliphatic rings. The van der Waals surface area contributed by atoms with E-state index in [1.54, 1.807) is 11.0 Å². The van der Waals surface area contributed by atoms with E-state index < -0.39 is 11.7 Å². The van der Waals surface area contributed by atoms with Crippen LogP contribution in [0.4, 0.5) is 0 Å². The number of phenolic OH excluding ortho intramolecular Hbond substituents is 1. The summed E-state index contributed by atoms with van der Waals surface area (Å²) in [7, 11) is 0. The minimum atomic E-state index is -0.493. The summed E-state index contributed by atoms with van der Waals surface area (Å²) in [6.45, 7) is 1.05. The van der Waals surface area contributed by atoms with E-state index in [2.05, 4.69) is 9.97 Å². The van der Waals surface area contributed by atoms with E-state index in [0.29, 0.717) is 42.1 Å². The van der Waals surface area contributed by atoms with Gasteiger partial charge in [-0.05, 0) is 24.8 Å². The Labute approximate surface area is 159 Å². The molecular weight excluding hydrogens is 379 g/mol. The summed E-state index contributed by atoms with van der Waals surface area (Å²) < 4.78 is 0. The molecule has 1 aromatic carbocycles. The van der Waals surface area contributed by atoms with Crippen molar-refractivity contribution in [1.82, 2.24) is 14.9 Å². The number of hydrogen-bond donors (Lipinski definition) is 3. The van der Waals surface area contributed by atoms with Crippen LogP contribution in [0.1, 0.15) is 34.8 Å². The highest BCUT2D eigenvalue weighted by molar-refractivity contribution is 6.42. The third-order valence-electron chi connectivity index (χ3n) is 4.68. The van der Waals surface area contributed by atoms with Crippen LogP contribution in [0.5, 0.6) is 5.75 Å². The standard InChI is InChI=1S/C17H18Cl2N4O3/c18-12-5-11(14(24)6-13(12)19)15(20)9-1-3-23(4-2-9)16(25)10-7-21-17(26)22-8-10/h5-9,15,24H,1-4,20H2,(H,21,22,26)/t15-/m1/s1. The number of aromatic hydroxyl groups is 1. The predicted octanol–water partition coefficient (Wildman–Crippen LogP) is 2.33. The molecule has 1 atom stereocenters. The molecule has 1 saturated heterocycles. The fraction of sp³-hybridized carbons (Fsp3) is 0.353. The Morgan fingerprint density at radius 1 is 1.31 bits per heavy atom. The van der Waals surface area contributed by atoms with Crippen molar-refractivity contribution in [3.05, 3.63) is 56.2 Å². The van der Waals surface area contributed by atoms with Crippen molar-refractivity contribution < 1.29 is 9.90 Å². The number of H-pyrrole nitrogens is 1. The number of carbonyl (C=O) groups is 1. The Balaban J connectivity index is 1.66. The quantitative estimate of drug-likeness (QED) is 0.736. The van der Waals surface area contributed by atoms with Crippen molar-refractivity contribution in [2.45, 2.75) is 18.9 Å². The number of nitrogens with one attached hydrogen (secondary N) is 1. The van der Waals surface area contributed by atoms with Crippen molar-refractivity contribution in [3.63, 3.8) is 0 Å². The minimum absolute atomic E-state index is 0.0183. The lowest BCUT2D eigenvalue weighted by atomic mass is 9.85. The lowest BCUT2D eigenvalue weighted by Crippen LogP contribution is -2.41. The lowest BCUT2D eigenvalue weighted by molar-refractivity contribution is 0.0676. The fourth-order valence-corrected chi connectivity index (χ4v) is 3.51. The molecule has 2 heterocycles. The van der Waals surface area contributed by atoms with Crippen LogP contribution in [0.25, 0.3) is 0 Å². The van der Waals surface area contributed by atoms with Crippen LogP contribution in [0, 0.1) is 5.92 Å². The minimum Gasteiger partial charge on any atom is -0.508 e. The molecule has 9 heteroatoms. The zero-order valence-electron chi connectivity index (χ0n) is 13.8. The molecule has 138 valence electrons. The zero-order valence-corrected chi connectivity index (χ0v) is 15.3. The van der Waals surface area contributed by atoms with Gasteiger partial charge in [-0.25, -0.2) is 9.78 Å². The first-order valence-corrected chi connectivity index (χ1v) is 8.90. The van der Waals surface area contributed by atoms with Gasteiger partial charge in [0, 0.05) is 43.2 Å². The first-order chi connectivity index (χ1) is 12.4. The van der Waals surface area contributed by atoms with Crippen molar-refractivity contribution in [2.75, 3.05) is 13.1 Å². The molecule has 4 N–H and O–H groups in total. The molecule has 2 aromatic rings. The highest BCUT2D eigenvalue weighted by atomic mass is 35.5. The van der Waals surface area contributed by atoms with Gasteiger partial charge in [-0.15, -0.1) is 0 Å². The molecule has 0 radical (unpaired) electrons. The molecule has 0 unspecified atom stereocenters. The van der Waals surface area contributed by atoms with E-state index in [1.165, 1.54) is 18.5 Å². The number of nitrogens with two attached hydrogens (primary N) is 1. The van der Waals surface area contributed by atoms with Gasteiger partial charge in [0.1, 0.15) is 5.75 Å². The van der Waals surface area contributed by atoms with Crippen molar-refractivity contribution in [3.8, 4) is 5.75 Å². The predicted molar refractivity (Wildman–Crippen MR) is 98.5 cm³/mol. The van der Waals surface area contributed by atoms with Crippen LogP contribution in [-0.4, -0.2) is 39.0 Å². The van der Waals surface area contributed by atoms with Gasteiger partial charge in [0.15, 0.2) is 0 Å². The SMILES string of the molecule is N[C@@H](c1cc(Cl)c(Cl)cc1O)C1CCN(C(=O)c2cnc(=O)[nH]c2)CC1. The maximum Gasteiger partial charge on any atom is 0.344 e. The molecule has 0 aliphatic carbocycles. The largest absolute Gasteiger partial charge is 0.508 e. The summed E-state index contributed by atoms with van der Waals surface area (Å²) in [4.78, 5) is 31.1. The van der Waals surface area contributed by atoms with E-state index in [1.807, 2.05) is 0 Å².